The summed E-state index contributed by atoms with van der Waals surface area (Å²) in [6, 6.07) is 8.44. The second-order valence-corrected chi connectivity index (χ2v) is 6.18. The number of rotatable bonds is 3. The van der Waals surface area contributed by atoms with Crippen LogP contribution in [0.5, 0.6) is 5.75 Å². The summed E-state index contributed by atoms with van der Waals surface area (Å²) in [4.78, 5) is 17.7. The largest absolute Gasteiger partial charge is 0.573 e. The number of nitrogens with zero attached hydrogens (tertiary/aromatic N) is 1. The third kappa shape index (κ3) is 3.82. The number of benzene rings is 1. The van der Waals surface area contributed by atoms with Crippen LogP contribution in [0.4, 0.5) is 24.5 Å². The maximum Gasteiger partial charge on any atom is 0.573 e. The van der Waals surface area contributed by atoms with Gasteiger partial charge in [-0.15, -0.1) is 24.5 Å². The van der Waals surface area contributed by atoms with Crippen molar-refractivity contribution in [1.82, 2.24) is 4.98 Å². The molecule has 9 heteroatoms. The van der Waals surface area contributed by atoms with E-state index in [-0.39, 0.29) is 5.75 Å². The van der Waals surface area contributed by atoms with E-state index in [4.69, 9.17) is 5.73 Å². The molecule has 3 N–H and O–H groups in total. The number of carbonyl (C=O) groups excluding carboxylic acids is 1. The first-order valence-electron chi connectivity index (χ1n) is 7.06. The molecule has 0 fully saturated rings. The predicted molar refractivity (Wildman–Crippen MR) is 89.8 cm³/mol. The third-order valence-corrected chi connectivity index (χ3v) is 4.40. The van der Waals surface area contributed by atoms with Gasteiger partial charge in [-0.1, -0.05) is 0 Å². The Balaban J connectivity index is 1.79. The fourth-order valence-corrected chi connectivity index (χ4v) is 3.22. The van der Waals surface area contributed by atoms with Crippen molar-refractivity contribution in [3.63, 3.8) is 0 Å². The Morgan fingerprint density at radius 1 is 1.20 bits per heavy atom. The minimum atomic E-state index is -4.76. The average molecular weight is 367 g/mol. The average Bonchev–Trinajstić information content (AvgIpc) is 2.84. The predicted octanol–water partition coefficient (Wildman–Crippen LogP) is 4.34. The topological polar surface area (TPSA) is 77.2 Å². The number of hydrogen-bond acceptors (Lipinski definition) is 5. The molecule has 0 aliphatic heterocycles. The number of ether oxygens (including phenoxy) is 1. The molecule has 0 radical (unpaired) electrons. The van der Waals surface area contributed by atoms with E-state index in [1.807, 2.05) is 6.92 Å². The zero-order chi connectivity index (χ0) is 18.2. The summed E-state index contributed by atoms with van der Waals surface area (Å²) in [6.45, 7) is 1.83. The Hall–Kier alpha value is -2.81. The van der Waals surface area contributed by atoms with Crippen LogP contribution < -0.4 is 15.8 Å². The molecule has 1 aromatic carbocycles. The van der Waals surface area contributed by atoms with E-state index in [2.05, 4.69) is 15.0 Å². The number of nitrogens with one attached hydrogen (secondary N) is 1. The number of aromatic nitrogens is 1. The molecule has 0 bridgehead atoms. The number of carbonyl (C=O) groups is 1. The number of amides is 1. The van der Waals surface area contributed by atoms with Crippen LogP contribution in [0.2, 0.25) is 0 Å². The van der Waals surface area contributed by atoms with E-state index >= 15 is 0 Å². The molecule has 2 aromatic heterocycles. The Bertz CT molecular complexity index is 936. The van der Waals surface area contributed by atoms with Crippen LogP contribution >= 0.6 is 11.3 Å². The van der Waals surface area contributed by atoms with E-state index < -0.39 is 12.3 Å². The van der Waals surface area contributed by atoms with Crippen molar-refractivity contribution < 1.29 is 22.7 Å². The minimum absolute atomic E-state index is 0.295. The Morgan fingerprint density at radius 2 is 1.88 bits per heavy atom. The van der Waals surface area contributed by atoms with Crippen molar-refractivity contribution in [2.75, 3.05) is 11.1 Å². The van der Waals surface area contributed by atoms with Crippen LogP contribution in [0.15, 0.2) is 36.4 Å². The fourth-order valence-electron chi connectivity index (χ4n) is 2.19. The number of fused-ring (bicyclic) bond motifs is 1. The highest BCUT2D eigenvalue weighted by atomic mass is 32.1. The van der Waals surface area contributed by atoms with Gasteiger partial charge in [-0.2, -0.15) is 0 Å². The van der Waals surface area contributed by atoms with Crippen LogP contribution in [0.25, 0.3) is 10.2 Å². The molecule has 2 heterocycles. The maximum atomic E-state index is 12.4. The fraction of sp³-hybridized carbons (Fsp3) is 0.125. The molecule has 0 saturated heterocycles. The molecule has 0 aliphatic rings. The van der Waals surface area contributed by atoms with Crippen LogP contribution in [-0.2, 0) is 0 Å². The molecule has 1 amide bonds. The SMILES string of the molecule is Cc1ccc2c(N)c(C(=O)Nc3ccc(OC(F)(F)F)cc3)sc2n1. The van der Waals surface area contributed by atoms with Crippen molar-refractivity contribution in [2.45, 2.75) is 13.3 Å². The molecule has 0 atom stereocenters. The summed E-state index contributed by atoms with van der Waals surface area (Å²) >= 11 is 1.15. The lowest BCUT2D eigenvalue weighted by atomic mass is 10.2. The second-order valence-electron chi connectivity index (χ2n) is 5.18. The third-order valence-electron chi connectivity index (χ3n) is 3.29. The van der Waals surface area contributed by atoms with Gasteiger partial charge in [0.15, 0.2) is 0 Å². The lowest BCUT2D eigenvalue weighted by Gasteiger charge is -2.09. The Morgan fingerprint density at radius 3 is 2.52 bits per heavy atom. The summed E-state index contributed by atoms with van der Waals surface area (Å²) < 4.78 is 40.2. The number of nitrogen functional groups attached to an aromatic ring is 1. The quantitative estimate of drug-likeness (QED) is 0.722. The molecule has 5 nitrogen and oxygen atoms in total. The lowest BCUT2D eigenvalue weighted by molar-refractivity contribution is -0.274. The highest BCUT2D eigenvalue weighted by Crippen LogP contribution is 2.33. The van der Waals surface area contributed by atoms with E-state index in [0.29, 0.717) is 26.5 Å². The standard InChI is InChI=1S/C16H12F3N3O2S/c1-8-2-7-11-12(20)13(25-15(11)21-8)14(23)22-9-3-5-10(6-4-9)24-16(17,18)19/h2-7H,20H2,1H3,(H,22,23). The van der Waals surface area contributed by atoms with Gasteiger partial charge in [0, 0.05) is 16.8 Å². The molecule has 25 heavy (non-hydrogen) atoms. The monoisotopic (exact) mass is 367 g/mol. The van der Waals surface area contributed by atoms with Crippen molar-refractivity contribution in [3.8, 4) is 5.75 Å². The van der Waals surface area contributed by atoms with Gasteiger partial charge in [0.1, 0.15) is 15.5 Å². The number of hydrogen-bond donors (Lipinski definition) is 2. The van der Waals surface area contributed by atoms with E-state index in [1.165, 1.54) is 12.1 Å². The molecule has 3 rings (SSSR count). The summed E-state index contributed by atoms with van der Waals surface area (Å²) in [6.07, 6.45) is -4.76. The van der Waals surface area contributed by atoms with Crippen LogP contribution in [0.1, 0.15) is 15.4 Å². The van der Waals surface area contributed by atoms with Crippen LogP contribution in [0.3, 0.4) is 0 Å². The number of halogens is 3. The number of anilines is 2. The number of pyridine rings is 1. The van der Waals surface area contributed by atoms with Crippen molar-refractivity contribution in [3.05, 3.63) is 47.0 Å². The van der Waals surface area contributed by atoms with Gasteiger partial charge >= 0.3 is 6.36 Å². The first kappa shape index (κ1) is 17.0. The van der Waals surface area contributed by atoms with Gasteiger partial charge in [-0.05, 0) is 43.3 Å². The van der Waals surface area contributed by atoms with Crippen LogP contribution in [0, 0.1) is 6.92 Å². The Kier molecular flexibility index (Phi) is 4.25. The van der Waals surface area contributed by atoms with Gasteiger partial charge in [0.05, 0.1) is 5.69 Å². The van der Waals surface area contributed by atoms with Gasteiger partial charge in [0.2, 0.25) is 0 Å². The van der Waals surface area contributed by atoms with Crippen molar-refractivity contribution in [2.24, 2.45) is 0 Å². The van der Waals surface area contributed by atoms with Crippen molar-refractivity contribution in [1.29, 1.82) is 0 Å². The number of nitrogens with two attached hydrogens (primary N) is 1. The zero-order valence-electron chi connectivity index (χ0n) is 12.8. The summed E-state index contributed by atoms with van der Waals surface area (Å²) in [5, 5.41) is 3.28. The molecule has 130 valence electrons. The molecular formula is C16H12F3N3O2S. The zero-order valence-corrected chi connectivity index (χ0v) is 13.7. The number of alkyl halides is 3. The highest BCUT2D eigenvalue weighted by Gasteiger charge is 2.31. The summed E-state index contributed by atoms with van der Waals surface area (Å²) in [5.41, 5.74) is 7.45. The number of aryl methyl sites for hydroxylation is 1. The smallest absolute Gasteiger partial charge is 0.406 e. The summed E-state index contributed by atoms with van der Waals surface area (Å²) in [7, 11) is 0. The Labute approximate surface area is 144 Å². The minimum Gasteiger partial charge on any atom is -0.406 e. The van der Waals surface area contributed by atoms with E-state index in [1.54, 1.807) is 12.1 Å². The van der Waals surface area contributed by atoms with Gasteiger partial charge in [-0.25, -0.2) is 4.98 Å². The van der Waals surface area contributed by atoms with Gasteiger partial charge < -0.3 is 15.8 Å². The summed E-state index contributed by atoms with van der Waals surface area (Å²) in [5.74, 6) is -0.825. The van der Waals surface area contributed by atoms with E-state index in [9.17, 15) is 18.0 Å². The maximum absolute atomic E-state index is 12.4. The number of thiophene rings is 1. The van der Waals surface area contributed by atoms with Gasteiger partial charge in [-0.3, -0.25) is 4.79 Å². The lowest BCUT2D eigenvalue weighted by Crippen LogP contribution is -2.17. The molecule has 0 saturated carbocycles. The normalized spacial score (nSPS) is 11.5. The second kappa shape index (κ2) is 6.25. The molecule has 0 unspecified atom stereocenters. The first-order chi connectivity index (χ1) is 11.7. The van der Waals surface area contributed by atoms with Crippen molar-refractivity contribution >= 4 is 38.8 Å². The molecule has 0 aliphatic carbocycles. The highest BCUT2D eigenvalue weighted by molar-refractivity contribution is 7.21. The van der Waals surface area contributed by atoms with E-state index in [0.717, 1.165) is 29.2 Å². The first-order valence-corrected chi connectivity index (χ1v) is 7.87. The molecule has 3 aromatic rings. The molecule has 0 spiro atoms. The van der Waals surface area contributed by atoms with Gasteiger partial charge in [0.25, 0.3) is 5.91 Å². The molecular weight excluding hydrogens is 355 g/mol. The van der Waals surface area contributed by atoms with Crippen LogP contribution in [-0.4, -0.2) is 17.3 Å².